The van der Waals surface area contributed by atoms with Crippen LogP contribution < -0.4 is 10.2 Å². The van der Waals surface area contributed by atoms with Crippen LogP contribution in [0.1, 0.15) is 30.3 Å². The maximum atomic E-state index is 12.2. The lowest BCUT2D eigenvalue weighted by Crippen LogP contribution is -2.35. The number of benzene rings is 1. The number of halogens is 1. The summed E-state index contributed by atoms with van der Waals surface area (Å²) in [6.45, 7) is 4.25. The number of amides is 1. The van der Waals surface area contributed by atoms with Crippen molar-refractivity contribution in [3.8, 4) is 0 Å². The van der Waals surface area contributed by atoms with Crippen LogP contribution in [-0.2, 0) is 0 Å². The highest BCUT2D eigenvalue weighted by molar-refractivity contribution is 9.10. The Bertz CT molecular complexity index is 672. The second-order valence-electron chi connectivity index (χ2n) is 5.91. The van der Waals surface area contributed by atoms with E-state index in [9.17, 15) is 4.79 Å². The zero-order valence-corrected chi connectivity index (χ0v) is 14.6. The standard InChI is InChI=1S/C17H19BrN4O/c1-12-3-2-8-22(11-12)16-10-19-15(9-20-16)17(23)21-14-6-4-13(18)5-7-14/h4-7,9-10,12H,2-3,8,11H2,1H3,(H,21,23). The maximum Gasteiger partial charge on any atom is 0.275 e. The third kappa shape index (κ3) is 4.07. The van der Waals surface area contributed by atoms with Gasteiger partial charge in [0.25, 0.3) is 5.91 Å². The normalized spacial score (nSPS) is 17.8. The average molecular weight is 375 g/mol. The van der Waals surface area contributed by atoms with Crippen molar-refractivity contribution < 1.29 is 4.79 Å². The van der Waals surface area contributed by atoms with E-state index >= 15 is 0 Å². The molecular weight excluding hydrogens is 356 g/mol. The fraction of sp³-hybridized carbons (Fsp3) is 0.353. The summed E-state index contributed by atoms with van der Waals surface area (Å²) in [7, 11) is 0. The fourth-order valence-electron chi connectivity index (χ4n) is 2.73. The van der Waals surface area contributed by atoms with Gasteiger partial charge in [-0.05, 0) is 43.0 Å². The third-order valence-electron chi connectivity index (χ3n) is 3.95. The van der Waals surface area contributed by atoms with Gasteiger partial charge in [-0.15, -0.1) is 0 Å². The first kappa shape index (κ1) is 15.9. The number of anilines is 2. The molecule has 1 aliphatic rings. The first-order chi connectivity index (χ1) is 11.1. The lowest BCUT2D eigenvalue weighted by molar-refractivity contribution is 0.102. The second kappa shape index (κ2) is 7.08. The number of carbonyl (C=O) groups is 1. The zero-order valence-electron chi connectivity index (χ0n) is 13.0. The van der Waals surface area contributed by atoms with E-state index in [0.29, 0.717) is 11.6 Å². The van der Waals surface area contributed by atoms with Crippen LogP contribution in [0.5, 0.6) is 0 Å². The predicted molar refractivity (Wildman–Crippen MR) is 94.7 cm³/mol. The van der Waals surface area contributed by atoms with E-state index in [1.54, 1.807) is 12.4 Å². The molecule has 3 rings (SSSR count). The Hall–Kier alpha value is -1.95. The molecule has 5 nitrogen and oxygen atoms in total. The summed E-state index contributed by atoms with van der Waals surface area (Å²) in [6, 6.07) is 7.42. The summed E-state index contributed by atoms with van der Waals surface area (Å²) >= 11 is 3.37. The van der Waals surface area contributed by atoms with Crippen molar-refractivity contribution in [2.24, 2.45) is 5.92 Å². The van der Waals surface area contributed by atoms with Gasteiger partial charge < -0.3 is 10.2 Å². The van der Waals surface area contributed by atoms with Crippen LogP contribution in [0.15, 0.2) is 41.1 Å². The summed E-state index contributed by atoms with van der Waals surface area (Å²) in [5.41, 5.74) is 1.05. The molecular formula is C17H19BrN4O. The number of piperidine rings is 1. The molecule has 1 aromatic carbocycles. The number of rotatable bonds is 3. The highest BCUT2D eigenvalue weighted by atomic mass is 79.9. The maximum absolute atomic E-state index is 12.2. The molecule has 1 N–H and O–H groups in total. The highest BCUT2D eigenvalue weighted by Gasteiger charge is 2.18. The van der Waals surface area contributed by atoms with Crippen molar-refractivity contribution in [1.29, 1.82) is 0 Å². The van der Waals surface area contributed by atoms with Crippen LogP contribution in [0, 0.1) is 5.92 Å². The van der Waals surface area contributed by atoms with Crippen molar-refractivity contribution in [2.45, 2.75) is 19.8 Å². The van der Waals surface area contributed by atoms with Crippen molar-refractivity contribution in [3.05, 3.63) is 46.8 Å². The van der Waals surface area contributed by atoms with Gasteiger partial charge in [0, 0.05) is 23.2 Å². The van der Waals surface area contributed by atoms with Crippen molar-refractivity contribution >= 4 is 33.3 Å². The highest BCUT2D eigenvalue weighted by Crippen LogP contribution is 2.20. The number of hydrogen-bond donors (Lipinski definition) is 1. The van der Waals surface area contributed by atoms with Gasteiger partial charge in [-0.2, -0.15) is 0 Å². The quantitative estimate of drug-likeness (QED) is 0.888. The Labute approximate surface area is 144 Å². The smallest absolute Gasteiger partial charge is 0.275 e. The average Bonchev–Trinajstić information content (AvgIpc) is 2.57. The van der Waals surface area contributed by atoms with Crippen LogP contribution in [-0.4, -0.2) is 29.0 Å². The van der Waals surface area contributed by atoms with Gasteiger partial charge in [-0.3, -0.25) is 4.79 Å². The molecule has 1 amide bonds. The van der Waals surface area contributed by atoms with E-state index in [2.05, 4.69) is 43.0 Å². The predicted octanol–water partition coefficient (Wildman–Crippen LogP) is 3.73. The van der Waals surface area contributed by atoms with Gasteiger partial charge in [0.05, 0.1) is 12.4 Å². The lowest BCUT2D eigenvalue weighted by atomic mass is 10.0. The van der Waals surface area contributed by atoms with E-state index in [1.807, 2.05) is 24.3 Å². The second-order valence-corrected chi connectivity index (χ2v) is 6.83. The minimum atomic E-state index is -0.251. The molecule has 120 valence electrons. The van der Waals surface area contributed by atoms with Gasteiger partial charge in [-0.1, -0.05) is 22.9 Å². The molecule has 23 heavy (non-hydrogen) atoms. The molecule has 0 radical (unpaired) electrons. The molecule has 0 saturated carbocycles. The molecule has 1 fully saturated rings. The van der Waals surface area contributed by atoms with Crippen molar-refractivity contribution in [2.75, 3.05) is 23.3 Å². The summed E-state index contributed by atoms with van der Waals surface area (Å²) in [4.78, 5) is 23.1. The summed E-state index contributed by atoms with van der Waals surface area (Å²) in [5, 5.41) is 2.82. The summed E-state index contributed by atoms with van der Waals surface area (Å²) in [6.07, 6.45) is 5.67. The Morgan fingerprint density at radius 1 is 1.26 bits per heavy atom. The van der Waals surface area contributed by atoms with E-state index < -0.39 is 0 Å². The summed E-state index contributed by atoms with van der Waals surface area (Å²) in [5.74, 6) is 1.26. The molecule has 1 atom stereocenters. The van der Waals surface area contributed by atoms with Crippen LogP contribution in [0.25, 0.3) is 0 Å². The van der Waals surface area contributed by atoms with E-state index in [1.165, 1.54) is 12.8 Å². The minimum absolute atomic E-state index is 0.251. The molecule has 6 heteroatoms. The topological polar surface area (TPSA) is 58.1 Å². The van der Waals surface area contributed by atoms with Crippen LogP contribution in [0.4, 0.5) is 11.5 Å². The molecule has 0 bridgehead atoms. The largest absolute Gasteiger partial charge is 0.355 e. The molecule has 1 aromatic heterocycles. The summed E-state index contributed by atoms with van der Waals surface area (Å²) < 4.78 is 0.968. The Kier molecular flexibility index (Phi) is 4.91. The number of carbonyl (C=O) groups excluding carboxylic acids is 1. The van der Waals surface area contributed by atoms with E-state index in [-0.39, 0.29) is 5.91 Å². The molecule has 1 saturated heterocycles. The number of nitrogens with zero attached hydrogens (tertiary/aromatic N) is 3. The van der Waals surface area contributed by atoms with Gasteiger partial charge in [0.15, 0.2) is 0 Å². The minimum Gasteiger partial charge on any atom is -0.355 e. The third-order valence-corrected chi connectivity index (χ3v) is 4.48. The Balaban J connectivity index is 1.66. The molecule has 1 aliphatic heterocycles. The Morgan fingerprint density at radius 2 is 2.04 bits per heavy atom. The lowest BCUT2D eigenvalue weighted by Gasteiger charge is -2.31. The van der Waals surface area contributed by atoms with E-state index in [4.69, 9.17) is 0 Å². The first-order valence-electron chi connectivity index (χ1n) is 7.76. The molecule has 0 aliphatic carbocycles. The van der Waals surface area contributed by atoms with Gasteiger partial charge in [0.1, 0.15) is 11.5 Å². The van der Waals surface area contributed by atoms with Crippen LogP contribution in [0.3, 0.4) is 0 Å². The molecule has 1 unspecified atom stereocenters. The SMILES string of the molecule is CC1CCCN(c2cnc(C(=O)Nc3ccc(Br)cc3)cn2)C1. The van der Waals surface area contributed by atoms with Gasteiger partial charge in [0.2, 0.25) is 0 Å². The molecule has 2 aromatic rings. The van der Waals surface area contributed by atoms with E-state index in [0.717, 1.165) is 29.1 Å². The zero-order chi connectivity index (χ0) is 16.2. The van der Waals surface area contributed by atoms with Gasteiger partial charge in [-0.25, -0.2) is 9.97 Å². The molecule has 0 spiro atoms. The first-order valence-corrected chi connectivity index (χ1v) is 8.55. The number of hydrogen-bond acceptors (Lipinski definition) is 4. The number of nitrogens with one attached hydrogen (secondary N) is 1. The number of aromatic nitrogens is 2. The van der Waals surface area contributed by atoms with Crippen LogP contribution in [0.2, 0.25) is 0 Å². The fourth-order valence-corrected chi connectivity index (χ4v) is 2.99. The van der Waals surface area contributed by atoms with Crippen molar-refractivity contribution in [3.63, 3.8) is 0 Å². The monoisotopic (exact) mass is 374 g/mol. The Morgan fingerprint density at radius 3 is 2.70 bits per heavy atom. The van der Waals surface area contributed by atoms with Crippen molar-refractivity contribution in [1.82, 2.24) is 9.97 Å². The van der Waals surface area contributed by atoms with Crippen LogP contribution >= 0.6 is 15.9 Å². The van der Waals surface area contributed by atoms with Gasteiger partial charge >= 0.3 is 0 Å². The molecule has 2 heterocycles.